The number of benzene rings is 5. The van der Waals surface area contributed by atoms with Gasteiger partial charge in [0.1, 0.15) is 5.82 Å². The molecule has 0 saturated heterocycles. The lowest BCUT2D eigenvalue weighted by molar-refractivity contribution is 0.0600. The number of nitrogens with zero attached hydrogens (tertiary/aromatic N) is 1. The summed E-state index contributed by atoms with van der Waals surface area (Å²) in [6.07, 6.45) is -1.35. The Morgan fingerprint density at radius 2 is 1.51 bits per heavy atom. The number of aromatic nitrogens is 1. The summed E-state index contributed by atoms with van der Waals surface area (Å²) in [6.45, 7) is 0. The summed E-state index contributed by atoms with van der Waals surface area (Å²) in [7, 11) is 1.28. The molecule has 0 saturated carbocycles. The second-order valence-electron chi connectivity index (χ2n) is 10.5. The third-order valence-electron chi connectivity index (χ3n) is 7.69. The average Bonchev–Trinajstić information content (AvgIpc) is 3.39. The summed E-state index contributed by atoms with van der Waals surface area (Å²) in [5.41, 5.74) is 4.36. The van der Waals surface area contributed by atoms with Crippen LogP contribution in [0.25, 0.3) is 44.4 Å². The molecule has 0 bridgehead atoms. The molecule has 6 aromatic rings. The second-order valence-corrected chi connectivity index (χ2v) is 11.9. The molecule has 0 amide bonds. The van der Waals surface area contributed by atoms with Gasteiger partial charge in [-0.3, -0.25) is 13.6 Å². The summed E-state index contributed by atoms with van der Waals surface area (Å²) in [4.78, 5) is 37.4. The van der Waals surface area contributed by atoms with Crippen LogP contribution in [0.4, 0.5) is 13.2 Å². The van der Waals surface area contributed by atoms with Gasteiger partial charge in [0.05, 0.1) is 23.9 Å². The molecule has 1 aromatic heterocycles. The Morgan fingerprint density at radius 1 is 0.830 bits per heavy atom. The van der Waals surface area contributed by atoms with Crippen molar-refractivity contribution in [2.24, 2.45) is 0 Å². The first-order valence-electron chi connectivity index (χ1n) is 14.2. The predicted octanol–water partition coefficient (Wildman–Crippen LogP) is 10.3. The van der Waals surface area contributed by atoms with Gasteiger partial charge in [0.15, 0.2) is 12.6 Å². The maximum absolute atomic E-state index is 15.0. The number of halogens is 4. The molecule has 47 heavy (non-hydrogen) atoms. The Bertz CT molecular complexity index is 2150. The van der Waals surface area contributed by atoms with Gasteiger partial charge in [0.25, 0.3) is 6.43 Å². The van der Waals surface area contributed by atoms with Gasteiger partial charge in [0, 0.05) is 54.2 Å². The molecular weight excluding hydrogens is 647 g/mol. The standard InChI is InChI=1S/C37H23ClF3NO4S/c1-46-37(45)24-10-14-29(31(38)17-24)22-4-2-5-23(16-22)35-34(33-25(19-43)6-3-7-26(33)20-44)30-18-27(39)11-15-32(30)42(35)47-28-12-8-21(9-13-28)36(40)41/h2-20,36H,1H3. The highest BCUT2D eigenvalue weighted by molar-refractivity contribution is 7.98. The maximum Gasteiger partial charge on any atom is 0.337 e. The largest absolute Gasteiger partial charge is 0.465 e. The molecule has 0 aliphatic rings. The lowest BCUT2D eigenvalue weighted by atomic mass is 9.90. The smallest absolute Gasteiger partial charge is 0.337 e. The molecular formula is C37H23ClF3NO4S. The van der Waals surface area contributed by atoms with E-state index in [1.54, 1.807) is 54.6 Å². The van der Waals surface area contributed by atoms with E-state index in [1.807, 2.05) is 22.2 Å². The molecule has 5 aromatic carbocycles. The number of alkyl halides is 2. The van der Waals surface area contributed by atoms with Crippen molar-refractivity contribution in [3.05, 3.63) is 136 Å². The van der Waals surface area contributed by atoms with Gasteiger partial charge in [-0.2, -0.15) is 0 Å². The number of rotatable bonds is 9. The number of esters is 1. The highest BCUT2D eigenvalue weighted by atomic mass is 35.5. The molecule has 0 radical (unpaired) electrons. The van der Waals surface area contributed by atoms with Crippen LogP contribution in [0.5, 0.6) is 0 Å². The molecule has 10 heteroatoms. The Hall–Kier alpha value is -5.12. The summed E-state index contributed by atoms with van der Waals surface area (Å²) in [6, 6.07) is 26.9. The van der Waals surface area contributed by atoms with Crippen molar-refractivity contribution >= 4 is 53.0 Å². The van der Waals surface area contributed by atoms with Gasteiger partial charge in [-0.1, -0.05) is 66.2 Å². The first kappa shape index (κ1) is 31.8. The van der Waals surface area contributed by atoms with Crippen LogP contribution < -0.4 is 0 Å². The number of hydrogen-bond acceptors (Lipinski definition) is 5. The van der Waals surface area contributed by atoms with E-state index in [-0.39, 0.29) is 22.3 Å². The number of methoxy groups -OCH3 is 1. The molecule has 1 heterocycles. The number of carbonyl (C=O) groups excluding carboxylic acids is 3. The van der Waals surface area contributed by atoms with Gasteiger partial charge in [-0.25, -0.2) is 18.0 Å². The quantitative estimate of drug-likeness (QED) is 0.113. The molecule has 0 aliphatic carbocycles. The lowest BCUT2D eigenvalue weighted by Crippen LogP contribution is -2.01. The average molecular weight is 670 g/mol. The predicted molar refractivity (Wildman–Crippen MR) is 178 cm³/mol. The monoisotopic (exact) mass is 669 g/mol. The topological polar surface area (TPSA) is 65.4 Å². The van der Waals surface area contributed by atoms with Gasteiger partial charge in [-0.15, -0.1) is 0 Å². The summed E-state index contributed by atoms with van der Waals surface area (Å²) in [5, 5.41) is 0.732. The molecule has 5 nitrogen and oxygen atoms in total. The van der Waals surface area contributed by atoms with Crippen LogP contribution in [0.3, 0.4) is 0 Å². The van der Waals surface area contributed by atoms with E-state index in [4.69, 9.17) is 16.3 Å². The van der Waals surface area contributed by atoms with Crippen LogP contribution in [0.1, 0.15) is 43.1 Å². The molecule has 6 rings (SSSR count). The third-order valence-corrected chi connectivity index (χ3v) is 9.04. The minimum atomic E-state index is -2.63. The Balaban J connectivity index is 1.66. The van der Waals surface area contributed by atoms with Crippen LogP contribution in [-0.2, 0) is 4.74 Å². The van der Waals surface area contributed by atoms with Gasteiger partial charge in [-0.05, 0) is 66.0 Å². The van der Waals surface area contributed by atoms with E-state index in [9.17, 15) is 27.6 Å². The highest BCUT2D eigenvalue weighted by Gasteiger charge is 2.26. The molecule has 0 unspecified atom stereocenters. The van der Waals surface area contributed by atoms with Crippen LogP contribution in [0.15, 0.2) is 108 Å². The summed E-state index contributed by atoms with van der Waals surface area (Å²) >= 11 is 7.85. The number of hydrogen-bond donors (Lipinski definition) is 0. The Labute approximate surface area is 276 Å². The molecule has 0 N–H and O–H groups in total. The molecule has 234 valence electrons. The zero-order chi connectivity index (χ0) is 33.2. The molecule has 0 fully saturated rings. The fraction of sp³-hybridized carbons (Fsp3) is 0.0541. The minimum Gasteiger partial charge on any atom is -0.465 e. The van der Waals surface area contributed by atoms with Crippen molar-refractivity contribution in [1.82, 2.24) is 3.97 Å². The van der Waals surface area contributed by atoms with Crippen LogP contribution >= 0.6 is 23.5 Å². The van der Waals surface area contributed by atoms with Crippen LogP contribution in [0.2, 0.25) is 5.02 Å². The maximum atomic E-state index is 15.0. The normalized spacial score (nSPS) is 11.2. The first-order chi connectivity index (χ1) is 22.7. The van der Waals surface area contributed by atoms with Crippen molar-refractivity contribution in [2.75, 3.05) is 7.11 Å². The first-order valence-corrected chi connectivity index (χ1v) is 15.3. The summed E-state index contributed by atoms with van der Waals surface area (Å²) in [5.74, 6) is -1.07. The second kappa shape index (κ2) is 13.3. The van der Waals surface area contributed by atoms with Gasteiger partial charge < -0.3 is 4.74 Å². The zero-order valence-corrected chi connectivity index (χ0v) is 26.1. The van der Waals surface area contributed by atoms with Crippen molar-refractivity contribution in [3.8, 4) is 33.5 Å². The van der Waals surface area contributed by atoms with Crippen molar-refractivity contribution < 1.29 is 32.3 Å². The number of aldehydes is 2. The molecule has 0 spiro atoms. The number of fused-ring (bicyclic) bond motifs is 1. The third kappa shape index (κ3) is 6.07. The van der Waals surface area contributed by atoms with Crippen LogP contribution in [-0.4, -0.2) is 29.6 Å². The van der Waals surface area contributed by atoms with E-state index >= 15 is 0 Å². The zero-order valence-electron chi connectivity index (χ0n) is 24.5. The van der Waals surface area contributed by atoms with E-state index < -0.39 is 18.2 Å². The van der Waals surface area contributed by atoms with Crippen molar-refractivity contribution in [3.63, 3.8) is 0 Å². The lowest BCUT2D eigenvalue weighted by Gasteiger charge is -2.16. The molecule has 0 atom stereocenters. The fourth-order valence-corrected chi connectivity index (χ4v) is 6.83. The minimum absolute atomic E-state index is 0.131. The van der Waals surface area contributed by atoms with E-state index in [0.29, 0.717) is 66.9 Å². The van der Waals surface area contributed by atoms with E-state index in [1.165, 1.54) is 49.4 Å². The van der Waals surface area contributed by atoms with Gasteiger partial charge >= 0.3 is 5.97 Å². The van der Waals surface area contributed by atoms with Crippen molar-refractivity contribution in [2.45, 2.75) is 11.3 Å². The molecule has 0 aliphatic heterocycles. The Morgan fingerprint density at radius 3 is 2.15 bits per heavy atom. The SMILES string of the molecule is COC(=O)c1ccc(-c2cccc(-c3c(-c4c(C=O)cccc4C=O)c4cc(F)ccc4n3Sc3ccc(C(F)F)cc3)c2)c(Cl)c1. The van der Waals surface area contributed by atoms with E-state index in [2.05, 4.69) is 0 Å². The number of carbonyl (C=O) groups is 3. The van der Waals surface area contributed by atoms with Crippen molar-refractivity contribution in [1.29, 1.82) is 0 Å². The number of ether oxygens (including phenoxy) is 1. The Kier molecular flexibility index (Phi) is 9.02. The summed E-state index contributed by atoms with van der Waals surface area (Å²) < 4.78 is 48.3. The fourth-order valence-electron chi connectivity index (χ4n) is 5.53. The van der Waals surface area contributed by atoms with Gasteiger partial charge in [0.2, 0.25) is 0 Å². The van der Waals surface area contributed by atoms with Crippen LogP contribution in [0, 0.1) is 5.82 Å². The van der Waals surface area contributed by atoms with E-state index in [0.717, 1.165) is 0 Å². The highest BCUT2D eigenvalue weighted by Crippen LogP contribution is 2.47.